The first-order valence-electron chi connectivity index (χ1n) is 9.97. The average molecular weight is 446 g/mol. The molecule has 3 nitrogen and oxygen atoms in total. The van der Waals surface area contributed by atoms with Gasteiger partial charge in [-0.25, -0.2) is 4.90 Å². The van der Waals surface area contributed by atoms with Crippen molar-refractivity contribution >= 4 is 11.2 Å². The van der Waals surface area contributed by atoms with Crippen LogP contribution in [0.1, 0.15) is 28.0 Å². The molecule has 4 rings (SSSR count). The number of halogens is 3. The van der Waals surface area contributed by atoms with Gasteiger partial charge in [0.15, 0.2) is 5.37 Å². The van der Waals surface area contributed by atoms with Crippen LogP contribution in [0.15, 0.2) is 84.9 Å². The zero-order chi connectivity index (χ0) is 21.8. The standard InChI is InChI=1S/C24H22F3NO2S/c25-24(26,27)30-21-13-7-12-20(16-21)23-28(14-15-31(23)29)17-22(18-8-3-1-4-9-18)19-10-5-2-6-11-19/h1-13,16,22-23H,14-15,17H2. The maximum absolute atomic E-state index is 12.8. The second-order valence-corrected chi connectivity index (χ2v) is 9.04. The van der Waals surface area contributed by atoms with E-state index in [1.807, 2.05) is 36.4 Å². The van der Waals surface area contributed by atoms with E-state index in [-0.39, 0.29) is 11.7 Å². The van der Waals surface area contributed by atoms with E-state index in [1.54, 1.807) is 6.07 Å². The molecule has 0 saturated carbocycles. The zero-order valence-electron chi connectivity index (χ0n) is 16.7. The smallest absolute Gasteiger partial charge is 0.573 e. The summed E-state index contributed by atoms with van der Waals surface area (Å²) in [6.45, 7) is 1.21. The molecular formula is C24H22F3NO2S. The first kappa shape index (κ1) is 21.7. The van der Waals surface area contributed by atoms with Crippen LogP contribution in [0.3, 0.4) is 0 Å². The van der Waals surface area contributed by atoms with Crippen LogP contribution in [0.5, 0.6) is 5.75 Å². The number of nitrogens with zero attached hydrogens (tertiary/aromatic N) is 1. The lowest BCUT2D eigenvalue weighted by molar-refractivity contribution is -0.274. The molecule has 7 heteroatoms. The van der Waals surface area contributed by atoms with Gasteiger partial charge in [0, 0.05) is 24.6 Å². The molecule has 1 aliphatic heterocycles. The van der Waals surface area contributed by atoms with E-state index in [2.05, 4.69) is 33.9 Å². The molecular weight excluding hydrogens is 423 g/mol. The summed E-state index contributed by atoms with van der Waals surface area (Å²) in [7, 11) is 0. The predicted octanol–water partition coefficient (Wildman–Crippen LogP) is 5.48. The van der Waals surface area contributed by atoms with Gasteiger partial charge in [-0.1, -0.05) is 72.8 Å². The number of hydrogen-bond acceptors (Lipinski definition) is 3. The Kier molecular flexibility index (Phi) is 6.55. The molecule has 0 radical (unpaired) electrons. The fourth-order valence-corrected chi connectivity index (χ4v) is 5.64. The molecule has 2 unspecified atom stereocenters. The molecule has 0 amide bonds. The van der Waals surface area contributed by atoms with Crippen molar-refractivity contribution in [3.63, 3.8) is 0 Å². The minimum absolute atomic E-state index is 0.0506. The first-order valence-corrected chi connectivity index (χ1v) is 11.4. The highest BCUT2D eigenvalue weighted by Crippen LogP contribution is 2.38. The van der Waals surface area contributed by atoms with Gasteiger partial charge in [-0.3, -0.25) is 0 Å². The van der Waals surface area contributed by atoms with Crippen LogP contribution in [-0.2, 0) is 11.2 Å². The third-order valence-corrected chi connectivity index (χ3v) is 7.01. The van der Waals surface area contributed by atoms with Gasteiger partial charge >= 0.3 is 6.36 Å². The van der Waals surface area contributed by atoms with E-state index >= 15 is 0 Å². The lowest BCUT2D eigenvalue weighted by Crippen LogP contribution is -2.30. The van der Waals surface area contributed by atoms with E-state index < -0.39 is 22.9 Å². The largest absolute Gasteiger partial charge is 0.615 e. The molecule has 31 heavy (non-hydrogen) atoms. The third-order valence-electron chi connectivity index (χ3n) is 5.36. The molecule has 3 aromatic rings. The van der Waals surface area contributed by atoms with E-state index in [0.29, 0.717) is 24.4 Å². The SMILES string of the molecule is [O-][S+]1CCN(CC(c2ccccc2)c2ccccc2)C1c1cccc(OC(F)(F)F)c1. The number of benzene rings is 3. The highest BCUT2D eigenvalue weighted by molar-refractivity contribution is 7.91. The second-order valence-electron chi connectivity index (χ2n) is 7.43. The van der Waals surface area contributed by atoms with Crippen LogP contribution in [0.2, 0.25) is 0 Å². The first-order chi connectivity index (χ1) is 14.9. The van der Waals surface area contributed by atoms with E-state index in [0.717, 1.165) is 11.1 Å². The molecule has 1 fully saturated rings. The minimum atomic E-state index is -4.77. The van der Waals surface area contributed by atoms with E-state index in [1.165, 1.54) is 18.2 Å². The quantitative estimate of drug-likeness (QED) is 0.472. The third kappa shape index (κ3) is 5.42. The summed E-state index contributed by atoms with van der Waals surface area (Å²) in [5.41, 5.74) is 2.84. The van der Waals surface area contributed by atoms with Crippen molar-refractivity contribution in [2.75, 3.05) is 18.8 Å². The van der Waals surface area contributed by atoms with Crippen LogP contribution in [0.25, 0.3) is 0 Å². The fourth-order valence-electron chi connectivity index (χ4n) is 4.03. The monoisotopic (exact) mass is 445 g/mol. The summed E-state index contributed by atoms with van der Waals surface area (Å²) in [5.74, 6) is 0.233. The summed E-state index contributed by atoms with van der Waals surface area (Å²) in [4.78, 5) is 2.10. The van der Waals surface area contributed by atoms with Gasteiger partial charge in [0.2, 0.25) is 0 Å². The van der Waals surface area contributed by atoms with E-state index in [4.69, 9.17) is 0 Å². The Labute approximate surface area is 182 Å². The zero-order valence-corrected chi connectivity index (χ0v) is 17.5. The van der Waals surface area contributed by atoms with Gasteiger partial charge in [-0.05, 0) is 34.4 Å². The Bertz CT molecular complexity index is 945. The summed E-state index contributed by atoms with van der Waals surface area (Å²) >= 11 is -1.21. The fraction of sp³-hybridized carbons (Fsp3) is 0.250. The molecule has 0 aliphatic carbocycles. The van der Waals surface area contributed by atoms with Crippen molar-refractivity contribution < 1.29 is 22.5 Å². The average Bonchev–Trinajstić information content (AvgIpc) is 3.12. The van der Waals surface area contributed by atoms with Crippen LogP contribution >= 0.6 is 0 Å². The maximum atomic E-state index is 12.8. The topological polar surface area (TPSA) is 35.5 Å². The number of ether oxygens (including phenoxy) is 1. The molecule has 162 valence electrons. The van der Waals surface area contributed by atoms with Crippen molar-refractivity contribution in [3.8, 4) is 5.75 Å². The van der Waals surface area contributed by atoms with Crippen molar-refractivity contribution in [1.82, 2.24) is 4.90 Å². The Morgan fingerprint density at radius 3 is 2.13 bits per heavy atom. The number of alkyl halides is 3. The Balaban J connectivity index is 1.63. The molecule has 1 heterocycles. The van der Waals surface area contributed by atoms with Gasteiger partial charge in [0.05, 0.1) is 0 Å². The maximum Gasteiger partial charge on any atom is 0.573 e. The summed E-state index contributed by atoms with van der Waals surface area (Å²) < 4.78 is 54.9. The lowest BCUT2D eigenvalue weighted by Gasteiger charge is -2.28. The predicted molar refractivity (Wildman–Crippen MR) is 115 cm³/mol. The molecule has 0 N–H and O–H groups in total. The molecule has 0 aromatic heterocycles. The Hall–Kier alpha value is -2.48. The highest BCUT2D eigenvalue weighted by Gasteiger charge is 2.40. The molecule has 3 aromatic carbocycles. The number of rotatable bonds is 6. The van der Waals surface area contributed by atoms with Crippen molar-refractivity contribution in [2.24, 2.45) is 0 Å². The normalized spacial score (nSPS) is 19.6. The molecule has 0 bridgehead atoms. The van der Waals surface area contributed by atoms with Crippen molar-refractivity contribution in [3.05, 3.63) is 102 Å². The second kappa shape index (κ2) is 9.34. The van der Waals surface area contributed by atoms with Crippen LogP contribution in [-0.4, -0.2) is 34.7 Å². The Morgan fingerprint density at radius 2 is 1.55 bits per heavy atom. The van der Waals surface area contributed by atoms with Crippen LogP contribution < -0.4 is 4.74 Å². The van der Waals surface area contributed by atoms with Crippen LogP contribution in [0, 0.1) is 0 Å². The van der Waals surface area contributed by atoms with Crippen LogP contribution in [0.4, 0.5) is 13.2 Å². The molecule has 1 aliphatic rings. The van der Waals surface area contributed by atoms with Gasteiger partial charge in [-0.15, -0.1) is 13.2 Å². The van der Waals surface area contributed by atoms with E-state index in [9.17, 15) is 17.7 Å². The minimum Gasteiger partial charge on any atom is -0.615 e. The van der Waals surface area contributed by atoms with Gasteiger partial charge in [0.25, 0.3) is 0 Å². The summed E-state index contributed by atoms with van der Waals surface area (Å²) in [6, 6.07) is 26.0. The van der Waals surface area contributed by atoms with Crippen molar-refractivity contribution in [1.29, 1.82) is 0 Å². The summed E-state index contributed by atoms with van der Waals surface area (Å²) in [6.07, 6.45) is -4.77. The van der Waals surface area contributed by atoms with Gasteiger partial charge in [-0.2, -0.15) is 0 Å². The molecule has 2 atom stereocenters. The number of hydrogen-bond donors (Lipinski definition) is 0. The van der Waals surface area contributed by atoms with Gasteiger partial charge in [0.1, 0.15) is 11.5 Å². The molecule has 1 saturated heterocycles. The lowest BCUT2D eigenvalue weighted by atomic mass is 9.90. The van der Waals surface area contributed by atoms with Gasteiger partial charge < -0.3 is 9.29 Å². The summed E-state index contributed by atoms with van der Waals surface area (Å²) in [5, 5.41) is -0.480. The van der Waals surface area contributed by atoms with Crippen molar-refractivity contribution in [2.45, 2.75) is 17.7 Å². The Morgan fingerprint density at radius 1 is 0.935 bits per heavy atom. The highest BCUT2D eigenvalue weighted by atomic mass is 32.2. The molecule has 0 spiro atoms.